The molecule has 22 heavy (non-hydrogen) atoms. The van der Waals surface area contributed by atoms with Crippen molar-refractivity contribution in [2.75, 3.05) is 26.2 Å². The van der Waals surface area contributed by atoms with E-state index in [9.17, 15) is 18.3 Å². The predicted molar refractivity (Wildman–Crippen MR) is 91.2 cm³/mol. The van der Waals surface area contributed by atoms with Gasteiger partial charge in [-0.25, -0.2) is 0 Å². The number of rotatable bonds is 2. The summed E-state index contributed by atoms with van der Waals surface area (Å²) in [6.07, 6.45) is -4.45. The Morgan fingerprint density at radius 1 is 1.14 bits per heavy atom. The van der Waals surface area contributed by atoms with Crippen LogP contribution in [-0.2, 0) is 0 Å². The topological polar surface area (TPSA) is 35.5 Å². The second-order valence-electron chi connectivity index (χ2n) is 4.55. The molecule has 1 aliphatic heterocycles. The summed E-state index contributed by atoms with van der Waals surface area (Å²) in [5, 5.41) is 13.0. The number of halogens is 7. The molecule has 2 rings (SSSR count). The van der Waals surface area contributed by atoms with Crippen molar-refractivity contribution in [2.45, 2.75) is 12.2 Å². The van der Waals surface area contributed by atoms with E-state index in [0.717, 1.165) is 0 Å². The molecule has 0 radical (unpaired) electrons. The van der Waals surface area contributed by atoms with Crippen molar-refractivity contribution in [1.82, 2.24) is 10.2 Å². The minimum Gasteiger partial charge on any atom is -0.508 e. The lowest BCUT2D eigenvalue weighted by molar-refractivity contribution is -0.188. The first-order valence-electron chi connectivity index (χ1n) is 6.00. The van der Waals surface area contributed by atoms with Crippen LogP contribution in [0.15, 0.2) is 21.1 Å². The number of nitrogens with zero attached hydrogens (tertiary/aromatic N) is 1. The number of benzene rings is 1. The summed E-state index contributed by atoms with van der Waals surface area (Å²) < 4.78 is 41.1. The Labute approximate surface area is 155 Å². The summed E-state index contributed by atoms with van der Waals surface area (Å²) in [4.78, 5) is 1.34. The maximum Gasteiger partial charge on any atom is 0.408 e. The number of hydrogen-bond donors (Lipinski definition) is 2. The van der Waals surface area contributed by atoms with Crippen LogP contribution in [0, 0.1) is 0 Å². The standard InChI is InChI=1S/C12H13Br2F3N2O.2ClH/c13-7-5-8(14)10(9(20)6-7)11(12(15,16)17)19-3-1-18-2-4-19;;/h5-6,11,18,20H,1-4H2;2*1H/t11-;;/m1../s1. The highest BCUT2D eigenvalue weighted by molar-refractivity contribution is 9.11. The van der Waals surface area contributed by atoms with Crippen molar-refractivity contribution in [3.05, 3.63) is 26.6 Å². The van der Waals surface area contributed by atoms with Crippen LogP contribution in [0.4, 0.5) is 13.2 Å². The molecule has 1 fully saturated rings. The Morgan fingerprint density at radius 2 is 1.68 bits per heavy atom. The minimum absolute atomic E-state index is 0. The van der Waals surface area contributed by atoms with Crippen LogP contribution < -0.4 is 5.32 Å². The van der Waals surface area contributed by atoms with Gasteiger partial charge in [0.1, 0.15) is 11.8 Å². The summed E-state index contributed by atoms with van der Waals surface area (Å²) in [6.45, 7) is 1.57. The molecule has 1 atom stereocenters. The quantitative estimate of drug-likeness (QED) is 0.650. The fourth-order valence-corrected chi connectivity index (χ4v) is 3.75. The van der Waals surface area contributed by atoms with E-state index < -0.39 is 12.2 Å². The van der Waals surface area contributed by atoms with Crippen molar-refractivity contribution in [2.24, 2.45) is 0 Å². The fourth-order valence-electron chi connectivity index (χ4n) is 2.34. The van der Waals surface area contributed by atoms with Crippen molar-refractivity contribution >= 4 is 56.7 Å². The lowest BCUT2D eigenvalue weighted by atomic mass is 10.0. The van der Waals surface area contributed by atoms with Crippen LogP contribution in [0.1, 0.15) is 11.6 Å². The van der Waals surface area contributed by atoms with E-state index in [-0.39, 0.29) is 53.7 Å². The first-order valence-corrected chi connectivity index (χ1v) is 7.58. The zero-order chi connectivity index (χ0) is 14.9. The van der Waals surface area contributed by atoms with E-state index in [1.807, 2.05) is 0 Å². The second-order valence-corrected chi connectivity index (χ2v) is 6.32. The van der Waals surface area contributed by atoms with Gasteiger partial charge in [-0.3, -0.25) is 4.90 Å². The Bertz CT molecular complexity index is 477. The van der Waals surface area contributed by atoms with E-state index in [4.69, 9.17) is 0 Å². The van der Waals surface area contributed by atoms with E-state index in [1.54, 1.807) is 0 Å². The number of hydrogen-bond acceptors (Lipinski definition) is 3. The van der Waals surface area contributed by atoms with Gasteiger partial charge in [-0.05, 0) is 12.1 Å². The van der Waals surface area contributed by atoms with Gasteiger partial charge in [0.15, 0.2) is 0 Å². The van der Waals surface area contributed by atoms with E-state index in [1.165, 1.54) is 17.0 Å². The van der Waals surface area contributed by atoms with Gasteiger partial charge in [-0.15, -0.1) is 24.8 Å². The normalized spacial score (nSPS) is 17.3. The van der Waals surface area contributed by atoms with Gasteiger partial charge in [0.2, 0.25) is 0 Å². The van der Waals surface area contributed by atoms with Crippen LogP contribution in [0.25, 0.3) is 0 Å². The van der Waals surface area contributed by atoms with Crippen molar-refractivity contribution in [1.29, 1.82) is 0 Å². The third kappa shape index (κ3) is 5.14. The number of piperazine rings is 1. The van der Waals surface area contributed by atoms with Gasteiger partial charge in [-0.2, -0.15) is 13.2 Å². The van der Waals surface area contributed by atoms with Gasteiger partial charge in [0.05, 0.1) is 0 Å². The van der Waals surface area contributed by atoms with Crippen LogP contribution >= 0.6 is 56.7 Å². The molecule has 0 spiro atoms. The third-order valence-electron chi connectivity index (χ3n) is 3.17. The molecule has 0 saturated carbocycles. The minimum atomic E-state index is -4.45. The van der Waals surface area contributed by atoms with Gasteiger partial charge in [0, 0.05) is 40.7 Å². The average Bonchev–Trinajstić information content (AvgIpc) is 2.33. The molecule has 0 aliphatic carbocycles. The Hall–Kier alpha value is 0.270. The lowest BCUT2D eigenvalue weighted by Gasteiger charge is -2.36. The predicted octanol–water partition coefficient (Wildman–Crippen LogP) is 4.27. The summed E-state index contributed by atoms with van der Waals surface area (Å²) in [5.41, 5.74) is -0.136. The zero-order valence-electron chi connectivity index (χ0n) is 11.2. The molecule has 1 aromatic carbocycles. The summed E-state index contributed by atoms with van der Waals surface area (Å²) in [5.74, 6) is -0.368. The lowest BCUT2D eigenvalue weighted by Crippen LogP contribution is -2.49. The molecule has 0 unspecified atom stereocenters. The first kappa shape index (κ1) is 22.3. The number of phenols is 1. The van der Waals surface area contributed by atoms with Crippen molar-refractivity contribution < 1.29 is 18.3 Å². The molecule has 0 amide bonds. The smallest absolute Gasteiger partial charge is 0.408 e. The Morgan fingerprint density at radius 3 is 2.14 bits per heavy atom. The molecule has 0 aromatic heterocycles. The molecular weight excluding hydrogens is 476 g/mol. The molecule has 128 valence electrons. The molecule has 10 heteroatoms. The van der Waals surface area contributed by atoms with E-state index in [2.05, 4.69) is 37.2 Å². The monoisotopic (exact) mass is 488 g/mol. The number of alkyl halides is 3. The molecule has 2 N–H and O–H groups in total. The maximum atomic E-state index is 13.4. The van der Waals surface area contributed by atoms with Gasteiger partial charge in [-0.1, -0.05) is 31.9 Å². The van der Waals surface area contributed by atoms with Crippen molar-refractivity contribution in [3.8, 4) is 5.75 Å². The molecule has 0 bridgehead atoms. The molecular formula is C12H15Br2Cl2F3N2O. The highest BCUT2D eigenvalue weighted by Gasteiger charge is 2.47. The molecule has 1 aromatic rings. The molecule has 3 nitrogen and oxygen atoms in total. The van der Waals surface area contributed by atoms with Gasteiger partial charge < -0.3 is 10.4 Å². The molecule has 1 aliphatic rings. The molecule has 1 heterocycles. The Balaban J connectivity index is 0.00000220. The Kier molecular flexibility index (Phi) is 9.05. The van der Waals surface area contributed by atoms with Gasteiger partial charge >= 0.3 is 6.18 Å². The number of nitrogens with one attached hydrogen (secondary N) is 1. The first-order chi connectivity index (χ1) is 9.30. The number of aromatic hydroxyl groups is 1. The van der Waals surface area contributed by atoms with Crippen LogP contribution in [-0.4, -0.2) is 42.4 Å². The maximum absolute atomic E-state index is 13.4. The highest BCUT2D eigenvalue weighted by atomic mass is 79.9. The SMILES string of the molecule is Cl.Cl.Oc1cc(Br)cc(Br)c1[C@@H](N1CCNCC1)C(F)(F)F. The van der Waals surface area contributed by atoms with Crippen LogP contribution in [0.5, 0.6) is 5.75 Å². The van der Waals surface area contributed by atoms with E-state index in [0.29, 0.717) is 17.6 Å². The zero-order valence-corrected chi connectivity index (χ0v) is 16.0. The third-order valence-corrected chi connectivity index (χ3v) is 4.29. The summed E-state index contributed by atoms with van der Waals surface area (Å²) >= 11 is 6.27. The van der Waals surface area contributed by atoms with Crippen LogP contribution in [0.2, 0.25) is 0 Å². The van der Waals surface area contributed by atoms with E-state index >= 15 is 0 Å². The van der Waals surface area contributed by atoms with Gasteiger partial charge in [0.25, 0.3) is 0 Å². The van der Waals surface area contributed by atoms with Crippen LogP contribution in [0.3, 0.4) is 0 Å². The number of phenolic OH excluding ortho intramolecular Hbond substituents is 1. The largest absolute Gasteiger partial charge is 0.508 e. The summed E-state index contributed by atoms with van der Waals surface area (Å²) in [7, 11) is 0. The summed E-state index contributed by atoms with van der Waals surface area (Å²) in [6, 6.07) is 0.976. The highest BCUT2D eigenvalue weighted by Crippen LogP contribution is 2.45. The van der Waals surface area contributed by atoms with Crippen molar-refractivity contribution in [3.63, 3.8) is 0 Å². The second kappa shape index (κ2) is 8.94. The fraction of sp³-hybridized carbons (Fsp3) is 0.500. The average molecular weight is 491 g/mol. The molecule has 1 saturated heterocycles.